The standard InChI is InChI=1S/C26H30N4O6S/c1-37(34,35)28-21-11-12-29(14-17-5-3-2-4-6-17)16-23(21)36-19-7-8-20-18(13-19)15-30(26(20)33)22-9-10-24(31)27-25(22)32/h2-8,13,21-23,28H,9-12,14-16H2,1H3,(H,27,31,32)/t21-,22?,23-/m0/s1. The molecule has 10 nitrogen and oxygen atoms in total. The SMILES string of the molecule is CS(=O)(=O)N[C@H]1CCN(Cc2ccccc2)C[C@@H]1Oc1ccc2c(c1)CN(C1CCC(=O)NC1=O)C2=O. The summed E-state index contributed by atoms with van der Waals surface area (Å²) in [5.41, 5.74) is 2.40. The van der Waals surface area contributed by atoms with E-state index in [-0.39, 0.29) is 24.8 Å². The van der Waals surface area contributed by atoms with Crippen LogP contribution < -0.4 is 14.8 Å². The Balaban J connectivity index is 1.32. The summed E-state index contributed by atoms with van der Waals surface area (Å²) in [6.07, 6.45) is 1.79. The Hall–Kier alpha value is -3.28. The van der Waals surface area contributed by atoms with Gasteiger partial charge in [-0.1, -0.05) is 30.3 Å². The molecule has 5 rings (SSSR count). The maximum Gasteiger partial charge on any atom is 0.255 e. The minimum atomic E-state index is -3.43. The van der Waals surface area contributed by atoms with Gasteiger partial charge in [-0.3, -0.25) is 24.6 Å². The van der Waals surface area contributed by atoms with Gasteiger partial charge in [-0.25, -0.2) is 13.1 Å². The summed E-state index contributed by atoms with van der Waals surface area (Å²) in [4.78, 5) is 40.5. The number of piperidine rings is 2. The lowest BCUT2D eigenvalue weighted by Crippen LogP contribution is -2.55. The van der Waals surface area contributed by atoms with E-state index >= 15 is 0 Å². The fourth-order valence-corrected chi connectivity index (χ4v) is 6.11. The number of hydrogen-bond acceptors (Lipinski definition) is 7. The molecule has 2 aromatic carbocycles. The molecule has 2 fully saturated rings. The molecule has 3 amide bonds. The van der Waals surface area contributed by atoms with Crippen LogP contribution in [0.3, 0.4) is 0 Å². The van der Waals surface area contributed by atoms with Crippen LogP contribution in [0.1, 0.15) is 40.7 Å². The highest BCUT2D eigenvalue weighted by Gasteiger charge is 2.39. The number of imide groups is 1. The molecule has 196 valence electrons. The number of carbonyl (C=O) groups is 3. The summed E-state index contributed by atoms with van der Waals surface area (Å²) >= 11 is 0. The van der Waals surface area contributed by atoms with Gasteiger partial charge in [0.1, 0.15) is 17.9 Å². The van der Waals surface area contributed by atoms with Gasteiger partial charge in [0.05, 0.1) is 12.3 Å². The van der Waals surface area contributed by atoms with Gasteiger partial charge in [0.25, 0.3) is 5.91 Å². The van der Waals surface area contributed by atoms with Crippen molar-refractivity contribution >= 4 is 27.7 Å². The molecule has 3 heterocycles. The molecule has 3 atom stereocenters. The Labute approximate surface area is 216 Å². The van der Waals surface area contributed by atoms with Crippen molar-refractivity contribution in [1.82, 2.24) is 19.8 Å². The first-order valence-corrected chi connectivity index (χ1v) is 14.2. The summed E-state index contributed by atoms with van der Waals surface area (Å²) in [6, 6.07) is 14.2. The van der Waals surface area contributed by atoms with Gasteiger partial charge < -0.3 is 9.64 Å². The second-order valence-electron chi connectivity index (χ2n) is 9.88. The van der Waals surface area contributed by atoms with Crippen molar-refractivity contribution in [2.24, 2.45) is 0 Å². The van der Waals surface area contributed by atoms with E-state index in [1.807, 2.05) is 18.2 Å². The zero-order valence-electron chi connectivity index (χ0n) is 20.6. The predicted molar refractivity (Wildman–Crippen MR) is 135 cm³/mol. The molecule has 0 radical (unpaired) electrons. The highest BCUT2D eigenvalue weighted by molar-refractivity contribution is 7.88. The van der Waals surface area contributed by atoms with Gasteiger partial charge in [-0.2, -0.15) is 0 Å². The number of benzene rings is 2. The Bertz CT molecular complexity index is 1320. The summed E-state index contributed by atoms with van der Waals surface area (Å²) in [5, 5.41) is 2.31. The van der Waals surface area contributed by atoms with E-state index in [4.69, 9.17) is 4.74 Å². The number of carbonyl (C=O) groups excluding carboxylic acids is 3. The average Bonchev–Trinajstić information content (AvgIpc) is 3.16. The molecule has 0 aliphatic carbocycles. The number of likely N-dealkylation sites (tertiary alicyclic amines) is 1. The Kier molecular flexibility index (Phi) is 7.02. The smallest absolute Gasteiger partial charge is 0.255 e. The van der Waals surface area contributed by atoms with E-state index in [0.29, 0.717) is 30.7 Å². The number of nitrogens with one attached hydrogen (secondary N) is 2. The molecular formula is C26H30N4O6S. The lowest BCUT2D eigenvalue weighted by atomic mass is 10.0. The number of hydrogen-bond donors (Lipinski definition) is 2. The summed E-state index contributed by atoms with van der Waals surface area (Å²) < 4.78 is 33.1. The van der Waals surface area contributed by atoms with Gasteiger partial charge in [-0.15, -0.1) is 0 Å². The third kappa shape index (κ3) is 5.84. The highest BCUT2D eigenvalue weighted by atomic mass is 32.2. The monoisotopic (exact) mass is 526 g/mol. The number of nitrogens with zero attached hydrogens (tertiary/aromatic N) is 2. The van der Waals surface area contributed by atoms with Crippen molar-refractivity contribution in [2.45, 2.75) is 50.5 Å². The zero-order valence-corrected chi connectivity index (χ0v) is 21.4. The van der Waals surface area contributed by atoms with E-state index in [2.05, 4.69) is 27.1 Å². The number of fused-ring (bicyclic) bond motifs is 1. The number of sulfonamides is 1. The van der Waals surface area contributed by atoms with Crippen molar-refractivity contribution in [3.8, 4) is 5.75 Å². The van der Waals surface area contributed by atoms with Crippen molar-refractivity contribution in [2.75, 3.05) is 19.3 Å². The van der Waals surface area contributed by atoms with Gasteiger partial charge in [-0.05, 0) is 42.2 Å². The number of amides is 3. The van der Waals surface area contributed by atoms with Crippen LogP contribution in [-0.2, 0) is 32.7 Å². The highest BCUT2D eigenvalue weighted by Crippen LogP contribution is 2.31. The first kappa shape index (κ1) is 25.4. The molecule has 37 heavy (non-hydrogen) atoms. The quantitative estimate of drug-likeness (QED) is 0.516. The van der Waals surface area contributed by atoms with E-state index in [9.17, 15) is 22.8 Å². The number of ether oxygens (including phenoxy) is 1. The Morgan fingerprint density at radius 1 is 1.08 bits per heavy atom. The minimum absolute atomic E-state index is 0.195. The fourth-order valence-electron chi connectivity index (χ4n) is 5.29. The molecule has 2 aromatic rings. The Morgan fingerprint density at radius 2 is 1.86 bits per heavy atom. The van der Waals surface area contributed by atoms with Crippen molar-refractivity contribution in [1.29, 1.82) is 0 Å². The maximum atomic E-state index is 13.0. The van der Waals surface area contributed by atoms with Crippen molar-refractivity contribution in [3.05, 3.63) is 65.2 Å². The van der Waals surface area contributed by atoms with Crippen LogP contribution in [0.5, 0.6) is 5.75 Å². The van der Waals surface area contributed by atoms with Crippen LogP contribution in [0, 0.1) is 0 Å². The van der Waals surface area contributed by atoms with Gasteiger partial charge in [0, 0.05) is 38.2 Å². The van der Waals surface area contributed by atoms with Crippen LogP contribution in [0.25, 0.3) is 0 Å². The second-order valence-corrected chi connectivity index (χ2v) is 11.7. The van der Waals surface area contributed by atoms with E-state index < -0.39 is 34.1 Å². The largest absolute Gasteiger partial charge is 0.487 e. The lowest BCUT2D eigenvalue weighted by molar-refractivity contribution is -0.136. The molecule has 11 heteroatoms. The molecule has 0 aromatic heterocycles. The Morgan fingerprint density at radius 3 is 2.59 bits per heavy atom. The van der Waals surface area contributed by atoms with Crippen LogP contribution in [0.15, 0.2) is 48.5 Å². The maximum absolute atomic E-state index is 13.0. The molecule has 2 N–H and O–H groups in total. The second kappa shape index (κ2) is 10.2. The van der Waals surface area contributed by atoms with Crippen molar-refractivity contribution < 1.29 is 27.5 Å². The molecule has 3 aliphatic heterocycles. The molecule has 0 spiro atoms. The van der Waals surface area contributed by atoms with Gasteiger partial charge >= 0.3 is 0 Å². The van der Waals surface area contributed by atoms with E-state index in [0.717, 1.165) is 24.9 Å². The van der Waals surface area contributed by atoms with Gasteiger partial charge in [0.15, 0.2) is 0 Å². The summed E-state index contributed by atoms with van der Waals surface area (Å²) in [6.45, 7) is 2.22. The third-order valence-corrected chi connectivity index (χ3v) is 7.77. The average molecular weight is 527 g/mol. The topological polar surface area (TPSA) is 125 Å². The van der Waals surface area contributed by atoms with E-state index in [1.54, 1.807) is 18.2 Å². The summed E-state index contributed by atoms with van der Waals surface area (Å²) in [7, 11) is -3.43. The normalized spacial score (nSPS) is 24.6. The molecule has 1 unspecified atom stereocenters. The fraction of sp³-hybridized carbons (Fsp3) is 0.423. The third-order valence-electron chi connectivity index (χ3n) is 7.04. The van der Waals surface area contributed by atoms with Crippen LogP contribution in [-0.4, -0.2) is 73.5 Å². The van der Waals surface area contributed by atoms with E-state index in [1.165, 1.54) is 10.5 Å². The first-order chi connectivity index (χ1) is 17.7. The van der Waals surface area contributed by atoms with Crippen LogP contribution in [0.4, 0.5) is 0 Å². The minimum Gasteiger partial charge on any atom is -0.487 e. The molecule has 0 saturated carbocycles. The molecular weight excluding hydrogens is 496 g/mol. The lowest BCUT2D eigenvalue weighted by Gasteiger charge is -2.38. The molecule has 2 saturated heterocycles. The zero-order chi connectivity index (χ0) is 26.2. The van der Waals surface area contributed by atoms with Crippen molar-refractivity contribution in [3.63, 3.8) is 0 Å². The summed E-state index contributed by atoms with van der Waals surface area (Å²) in [5.74, 6) is -0.501. The van der Waals surface area contributed by atoms with Crippen LogP contribution in [0.2, 0.25) is 0 Å². The number of rotatable bonds is 7. The van der Waals surface area contributed by atoms with Crippen LogP contribution >= 0.6 is 0 Å². The predicted octanol–water partition coefficient (Wildman–Crippen LogP) is 1.02. The first-order valence-electron chi connectivity index (χ1n) is 12.3. The molecule has 0 bridgehead atoms. The molecule has 3 aliphatic rings. The van der Waals surface area contributed by atoms with Gasteiger partial charge in [0.2, 0.25) is 21.8 Å².